The van der Waals surface area contributed by atoms with Crippen LogP contribution >= 0.6 is 0 Å². The van der Waals surface area contributed by atoms with Crippen molar-refractivity contribution >= 4 is 34.4 Å². The van der Waals surface area contributed by atoms with Crippen molar-refractivity contribution in [2.24, 2.45) is 0 Å². The Labute approximate surface area is 159 Å². The number of carboxylic acid groups (broad SMARTS) is 2. The monoisotopic (exact) mass is 383 g/mol. The molecule has 1 unspecified atom stereocenters. The van der Waals surface area contributed by atoms with E-state index in [-0.39, 0.29) is 46.9 Å². The Hall–Kier alpha value is -3.55. The number of ether oxygens (including phenoxy) is 1. The van der Waals surface area contributed by atoms with Crippen molar-refractivity contribution in [1.29, 1.82) is 0 Å². The molecule has 1 aliphatic heterocycles. The number of ketones is 2. The molecule has 2 aromatic rings. The topological polar surface area (TPSA) is 131 Å². The molecule has 1 aromatic heterocycles. The summed E-state index contributed by atoms with van der Waals surface area (Å²) in [5.41, 5.74) is 0.461. The third-order valence-corrected chi connectivity index (χ3v) is 4.56. The van der Waals surface area contributed by atoms with Crippen molar-refractivity contribution in [1.82, 2.24) is 4.98 Å². The number of pyridine rings is 1. The minimum Gasteiger partial charge on any atom is -0.477 e. The van der Waals surface area contributed by atoms with Gasteiger partial charge in [0.1, 0.15) is 17.2 Å². The molecule has 1 aliphatic rings. The lowest BCUT2D eigenvalue weighted by Crippen LogP contribution is -2.20. The maximum atomic E-state index is 12.4. The molecule has 2 heterocycles. The fourth-order valence-corrected chi connectivity index (χ4v) is 3.13. The molecule has 1 atom stereocenters. The second kappa shape index (κ2) is 7.22. The van der Waals surface area contributed by atoms with Crippen molar-refractivity contribution in [2.75, 3.05) is 0 Å². The van der Waals surface area contributed by atoms with E-state index in [9.17, 15) is 29.4 Å². The van der Waals surface area contributed by atoms with Gasteiger partial charge in [0, 0.05) is 35.4 Å². The van der Waals surface area contributed by atoms with Crippen molar-refractivity contribution in [2.45, 2.75) is 32.6 Å². The predicted octanol–water partition coefficient (Wildman–Crippen LogP) is 2.95. The van der Waals surface area contributed by atoms with E-state index in [4.69, 9.17) is 4.74 Å². The molecular formula is C20H17NO7. The lowest BCUT2D eigenvalue weighted by molar-refractivity contribution is -0.135. The number of carbonyl (C=O) groups is 4. The third-order valence-electron chi connectivity index (χ3n) is 4.56. The first kappa shape index (κ1) is 19.2. The van der Waals surface area contributed by atoms with E-state index in [1.165, 1.54) is 18.2 Å². The van der Waals surface area contributed by atoms with Crippen LogP contribution in [0, 0.1) is 0 Å². The number of Topliss-reactive ketones (excluding diaryl/α,β-unsaturated/α-hetero) is 2. The zero-order valence-corrected chi connectivity index (χ0v) is 15.2. The number of allylic oxidation sites excluding steroid dienone is 1. The molecule has 28 heavy (non-hydrogen) atoms. The standard InChI is InChI=1S/C20H17NO7/c1-3-15(22)10-6-14(19(24)25)21-13-8-17-12(5-9(10)13)11(16(23)4-2)7-18(28-17)20(26)27/h5-8,11H,3-4H2,1-2H3,(H,24,25)(H,26,27). The summed E-state index contributed by atoms with van der Waals surface area (Å²) in [5, 5.41) is 18.9. The second-order valence-corrected chi connectivity index (χ2v) is 6.28. The van der Waals surface area contributed by atoms with Gasteiger partial charge in [-0.1, -0.05) is 13.8 Å². The van der Waals surface area contributed by atoms with Crippen LogP contribution < -0.4 is 4.74 Å². The highest BCUT2D eigenvalue weighted by Gasteiger charge is 2.30. The molecule has 0 radical (unpaired) electrons. The summed E-state index contributed by atoms with van der Waals surface area (Å²) in [6.45, 7) is 3.32. The maximum absolute atomic E-state index is 12.4. The first-order valence-corrected chi connectivity index (χ1v) is 8.67. The molecule has 0 aliphatic carbocycles. The van der Waals surface area contributed by atoms with Crippen molar-refractivity contribution < 1.29 is 34.1 Å². The number of rotatable bonds is 6. The molecule has 3 rings (SSSR count). The molecule has 0 bridgehead atoms. The van der Waals surface area contributed by atoms with Gasteiger partial charge in [-0.15, -0.1) is 0 Å². The summed E-state index contributed by atoms with van der Waals surface area (Å²) in [5.74, 6) is -4.23. The molecule has 0 amide bonds. The summed E-state index contributed by atoms with van der Waals surface area (Å²) in [4.78, 5) is 51.6. The maximum Gasteiger partial charge on any atom is 0.371 e. The molecular weight excluding hydrogens is 366 g/mol. The zero-order chi connectivity index (χ0) is 20.6. The molecule has 8 nitrogen and oxygen atoms in total. The highest BCUT2D eigenvalue weighted by Crippen LogP contribution is 2.39. The molecule has 0 fully saturated rings. The molecule has 0 saturated heterocycles. The SMILES string of the molecule is CCC(=O)c1cc(C(=O)O)nc2cc3c(cc12)C(C(=O)CC)C=C(C(=O)O)O3. The Morgan fingerprint density at radius 1 is 1.04 bits per heavy atom. The van der Waals surface area contributed by atoms with Gasteiger partial charge >= 0.3 is 11.9 Å². The number of aromatic nitrogens is 1. The van der Waals surface area contributed by atoms with Gasteiger partial charge in [0.25, 0.3) is 0 Å². The predicted molar refractivity (Wildman–Crippen MR) is 97.7 cm³/mol. The van der Waals surface area contributed by atoms with E-state index in [1.807, 2.05) is 0 Å². The van der Waals surface area contributed by atoms with Crippen LogP contribution in [0.3, 0.4) is 0 Å². The van der Waals surface area contributed by atoms with Gasteiger partial charge in [0.2, 0.25) is 5.76 Å². The van der Waals surface area contributed by atoms with Gasteiger partial charge in [-0.05, 0) is 18.2 Å². The normalized spacial score (nSPS) is 15.4. The first-order chi connectivity index (χ1) is 13.3. The number of aliphatic carboxylic acids is 1. The van der Waals surface area contributed by atoms with E-state index < -0.39 is 23.6 Å². The quantitative estimate of drug-likeness (QED) is 0.728. The van der Waals surface area contributed by atoms with Gasteiger partial charge in [-0.25, -0.2) is 14.6 Å². The molecule has 144 valence electrons. The van der Waals surface area contributed by atoms with Crippen molar-refractivity contribution in [3.05, 3.63) is 46.9 Å². The van der Waals surface area contributed by atoms with E-state index in [2.05, 4.69) is 4.98 Å². The van der Waals surface area contributed by atoms with Crippen LogP contribution in [0.4, 0.5) is 0 Å². The van der Waals surface area contributed by atoms with Crippen LogP contribution in [0.5, 0.6) is 5.75 Å². The van der Waals surface area contributed by atoms with Crippen molar-refractivity contribution in [3.63, 3.8) is 0 Å². The van der Waals surface area contributed by atoms with E-state index in [1.54, 1.807) is 19.9 Å². The fraction of sp³-hybridized carbons (Fsp3) is 0.250. The number of benzene rings is 1. The van der Waals surface area contributed by atoms with Gasteiger partial charge < -0.3 is 14.9 Å². The Kier molecular flexibility index (Phi) is 4.96. The van der Waals surface area contributed by atoms with E-state index in [0.29, 0.717) is 10.9 Å². The van der Waals surface area contributed by atoms with E-state index in [0.717, 1.165) is 0 Å². The third kappa shape index (κ3) is 3.24. The first-order valence-electron chi connectivity index (χ1n) is 8.67. The van der Waals surface area contributed by atoms with E-state index >= 15 is 0 Å². The summed E-state index contributed by atoms with van der Waals surface area (Å²) in [7, 11) is 0. The lowest BCUT2D eigenvalue weighted by atomic mass is 9.88. The molecule has 2 N–H and O–H groups in total. The van der Waals surface area contributed by atoms with Gasteiger partial charge in [-0.3, -0.25) is 9.59 Å². The smallest absolute Gasteiger partial charge is 0.371 e. The number of aromatic carboxylic acids is 1. The average molecular weight is 383 g/mol. The van der Waals surface area contributed by atoms with Gasteiger partial charge in [0.05, 0.1) is 11.4 Å². The summed E-state index contributed by atoms with van der Waals surface area (Å²) in [6.07, 6.45) is 1.58. The molecule has 0 spiro atoms. The fourth-order valence-electron chi connectivity index (χ4n) is 3.13. The van der Waals surface area contributed by atoms with Crippen LogP contribution in [-0.2, 0) is 9.59 Å². The largest absolute Gasteiger partial charge is 0.477 e. The van der Waals surface area contributed by atoms with Crippen LogP contribution in [0.2, 0.25) is 0 Å². The van der Waals surface area contributed by atoms with Crippen LogP contribution in [0.15, 0.2) is 30.0 Å². The Bertz CT molecular complexity index is 1070. The second-order valence-electron chi connectivity index (χ2n) is 6.28. The molecule has 0 saturated carbocycles. The minimum absolute atomic E-state index is 0.101. The Morgan fingerprint density at radius 3 is 2.32 bits per heavy atom. The van der Waals surface area contributed by atoms with Gasteiger partial charge in [-0.2, -0.15) is 0 Å². The Morgan fingerprint density at radius 2 is 1.75 bits per heavy atom. The van der Waals surface area contributed by atoms with Crippen LogP contribution in [-0.4, -0.2) is 38.7 Å². The lowest BCUT2D eigenvalue weighted by Gasteiger charge is -2.23. The average Bonchev–Trinajstić information content (AvgIpc) is 2.69. The number of hydrogen-bond acceptors (Lipinski definition) is 6. The summed E-state index contributed by atoms with van der Waals surface area (Å²) < 4.78 is 5.39. The number of fused-ring (bicyclic) bond motifs is 2. The molecule has 1 aromatic carbocycles. The minimum atomic E-state index is -1.33. The summed E-state index contributed by atoms with van der Waals surface area (Å²) >= 11 is 0. The van der Waals surface area contributed by atoms with Crippen LogP contribution in [0.1, 0.15) is 59.0 Å². The number of carboxylic acids is 2. The summed E-state index contributed by atoms with van der Waals surface area (Å²) in [6, 6.07) is 4.14. The number of carbonyl (C=O) groups excluding carboxylic acids is 2. The number of nitrogens with zero attached hydrogens (tertiary/aromatic N) is 1. The highest BCUT2D eigenvalue weighted by molar-refractivity contribution is 6.09. The molecule has 8 heteroatoms. The number of hydrogen-bond donors (Lipinski definition) is 2. The zero-order valence-electron chi connectivity index (χ0n) is 15.2. The highest BCUT2D eigenvalue weighted by atomic mass is 16.5. The van der Waals surface area contributed by atoms with Crippen molar-refractivity contribution in [3.8, 4) is 5.75 Å². The van der Waals surface area contributed by atoms with Gasteiger partial charge in [0.15, 0.2) is 5.78 Å². The Balaban J connectivity index is 2.32. The van der Waals surface area contributed by atoms with Crippen LogP contribution in [0.25, 0.3) is 10.9 Å².